The van der Waals surface area contributed by atoms with E-state index in [0.29, 0.717) is 12.2 Å². The molecule has 0 saturated heterocycles. The van der Waals surface area contributed by atoms with Crippen molar-refractivity contribution in [2.24, 2.45) is 0 Å². The number of carbonyl (C=O) groups is 2. The second-order valence-electron chi connectivity index (χ2n) is 5.24. The Hall–Kier alpha value is -2.82. The summed E-state index contributed by atoms with van der Waals surface area (Å²) in [5.74, 6) is -0.395. The Morgan fingerprint density at radius 2 is 1.95 bits per heavy atom. The molecule has 1 aliphatic heterocycles. The van der Waals surface area contributed by atoms with Crippen LogP contribution in [0.2, 0.25) is 0 Å². The number of fused-ring (bicyclic) bond motifs is 1. The molecule has 2 amide bonds. The maximum absolute atomic E-state index is 12.2. The smallest absolute Gasteiger partial charge is 0.259 e. The van der Waals surface area contributed by atoms with Crippen molar-refractivity contribution in [1.29, 1.82) is 0 Å². The highest BCUT2D eigenvalue weighted by atomic mass is 16.3. The van der Waals surface area contributed by atoms with Gasteiger partial charge in [-0.05, 0) is 42.3 Å². The van der Waals surface area contributed by atoms with Gasteiger partial charge in [-0.2, -0.15) is 0 Å². The van der Waals surface area contributed by atoms with Crippen LogP contribution in [0, 0.1) is 0 Å². The second kappa shape index (κ2) is 5.52. The highest BCUT2D eigenvalue weighted by molar-refractivity contribution is 6.06. The number of benzene rings is 2. The van der Waals surface area contributed by atoms with E-state index in [2.05, 4.69) is 5.32 Å². The molecule has 2 aromatic carbocycles. The fourth-order valence-electron chi connectivity index (χ4n) is 2.67. The lowest BCUT2D eigenvalue weighted by Crippen LogP contribution is -2.25. The number of nitrogens with zero attached hydrogens (tertiary/aromatic N) is 1. The fraction of sp³-hybridized carbons (Fsp3) is 0.176. The van der Waals surface area contributed by atoms with Gasteiger partial charge in [0, 0.05) is 24.8 Å². The van der Waals surface area contributed by atoms with E-state index >= 15 is 0 Å². The van der Waals surface area contributed by atoms with Crippen molar-refractivity contribution in [3.63, 3.8) is 0 Å². The molecule has 22 heavy (non-hydrogen) atoms. The number of hydrogen-bond acceptors (Lipinski definition) is 3. The largest absolute Gasteiger partial charge is 0.507 e. The zero-order valence-electron chi connectivity index (χ0n) is 12.2. The molecule has 0 bridgehead atoms. The van der Waals surface area contributed by atoms with Crippen LogP contribution in [0.1, 0.15) is 22.8 Å². The summed E-state index contributed by atoms with van der Waals surface area (Å²) in [5.41, 5.74) is 2.81. The highest BCUT2D eigenvalue weighted by Crippen LogP contribution is 2.30. The molecule has 112 valence electrons. The minimum Gasteiger partial charge on any atom is -0.507 e. The number of amides is 2. The van der Waals surface area contributed by atoms with Crippen molar-refractivity contribution in [3.8, 4) is 5.75 Å². The Balaban J connectivity index is 1.82. The molecule has 1 aliphatic rings. The Labute approximate surface area is 128 Å². The summed E-state index contributed by atoms with van der Waals surface area (Å²) in [7, 11) is 0. The number of rotatable bonds is 2. The average Bonchev–Trinajstić information content (AvgIpc) is 2.91. The lowest BCUT2D eigenvalue weighted by atomic mass is 10.1. The molecule has 0 unspecified atom stereocenters. The van der Waals surface area contributed by atoms with Crippen molar-refractivity contribution in [1.82, 2.24) is 0 Å². The third-order valence-electron chi connectivity index (χ3n) is 3.76. The van der Waals surface area contributed by atoms with Gasteiger partial charge in [-0.1, -0.05) is 12.1 Å². The van der Waals surface area contributed by atoms with Crippen LogP contribution in [0.5, 0.6) is 5.75 Å². The number of para-hydroxylation sites is 1. The van der Waals surface area contributed by atoms with Crippen LogP contribution < -0.4 is 10.2 Å². The predicted molar refractivity (Wildman–Crippen MR) is 84.2 cm³/mol. The Morgan fingerprint density at radius 3 is 2.68 bits per heavy atom. The summed E-state index contributed by atoms with van der Waals surface area (Å²) in [6, 6.07) is 11.9. The first kappa shape index (κ1) is 14.1. The Kier molecular flexibility index (Phi) is 3.55. The van der Waals surface area contributed by atoms with E-state index in [1.165, 1.54) is 6.07 Å². The molecule has 1 heterocycles. The first-order valence-electron chi connectivity index (χ1n) is 7.06. The van der Waals surface area contributed by atoms with Gasteiger partial charge in [0.2, 0.25) is 5.91 Å². The van der Waals surface area contributed by atoms with Crippen LogP contribution in [0.25, 0.3) is 0 Å². The normalized spacial score (nSPS) is 12.9. The highest BCUT2D eigenvalue weighted by Gasteiger charge is 2.22. The SMILES string of the molecule is CC(=O)N1CCc2cc(NC(=O)c3ccccc3O)ccc21. The molecule has 5 nitrogen and oxygen atoms in total. The van der Waals surface area contributed by atoms with Gasteiger partial charge in [-0.25, -0.2) is 0 Å². The van der Waals surface area contributed by atoms with E-state index in [9.17, 15) is 14.7 Å². The van der Waals surface area contributed by atoms with Gasteiger partial charge in [-0.3, -0.25) is 9.59 Å². The second-order valence-corrected chi connectivity index (χ2v) is 5.24. The Bertz CT molecular complexity index is 755. The lowest BCUT2D eigenvalue weighted by molar-refractivity contribution is -0.116. The number of hydrogen-bond donors (Lipinski definition) is 2. The molecular weight excluding hydrogens is 280 g/mol. The van der Waals surface area contributed by atoms with Crippen molar-refractivity contribution < 1.29 is 14.7 Å². The molecule has 0 saturated carbocycles. The topological polar surface area (TPSA) is 69.6 Å². The van der Waals surface area contributed by atoms with Crippen LogP contribution >= 0.6 is 0 Å². The number of aromatic hydroxyl groups is 1. The van der Waals surface area contributed by atoms with E-state index in [-0.39, 0.29) is 23.1 Å². The molecule has 0 atom stereocenters. The van der Waals surface area contributed by atoms with Gasteiger partial charge < -0.3 is 15.3 Å². The summed E-state index contributed by atoms with van der Waals surface area (Å²) in [6.45, 7) is 2.21. The minimum absolute atomic E-state index is 0.0183. The number of carbonyl (C=O) groups excluding carboxylic acids is 2. The molecule has 0 aliphatic carbocycles. The number of nitrogens with one attached hydrogen (secondary N) is 1. The third-order valence-corrected chi connectivity index (χ3v) is 3.76. The first-order valence-corrected chi connectivity index (χ1v) is 7.06. The van der Waals surface area contributed by atoms with Crippen LogP contribution in [-0.4, -0.2) is 23.5 Å². The van der Waals surface area contributed by atoms with Crippen LogP contribution in [-0.2, 0) is 11.2 Å². The molecule has 2 N–H and O–H groups in total. The molecule has 2 aromatic rings. The molecular formula is C17H16N2O3. The molecule has 0 aromatic heterocycles. The van der Waals surface area contributed by atoms with E-state index in [4.69, 9.17) is 0 Å². The summed E-state index contributed by atoms with van der Waals surface area (Å²) in [6.07, 6.45) is 0.773. The van der Waals surface area contributed by atoms with Crippen molar-refractivity contribution in [3.05, 3.63) is 53.6 Å². The molecule has 0 spiro atoms. The van der Waals surface area contributed by atoms with Gasteiger partial charge in [0.05, 0.1) is 5.56 Å². The number of anilines is 2. The lowest BCUT2D eigenvalue weighted by Gasteiger charge is -2.15. The van der Waals surface area contributed by atoms with E-state index < -0.39 is 0 Å². The van der Waals surface area contributed by atoms with Gasteiger partial charge in [0.25, 0.3) is 5.91 Å². The van der Waals surface area contributed by atoms with Crippen LogP contribution in [0.4, 0.5) is 11.4 Å². The fourth-order valence-corrected chi connectivity index (χ4v) is 2.67. The summed E-state index contributed by atoms with van der Waals surface area (Å²) in [4.78, 5) is 25.4. The Morgan fingerprint density at radius 1 is 1.18 bits per heavy atom. The first-order chi connectivity index (χ1) is 10.6. The van der Waals surface area contributed by atoms with E-state index in [0.717, 1.165) is 17.7 Å². The van der Waals surface area contributed by atoms with Gasteiger partial charge in [-0.15, -0.1) is 0 Å². The number of phenolic OH excluding ortho intramolecular Hbond substituents is 1. The molecule has 0 radical (unpaired) electrons. The van der Waals surface area contributed by atoms with E-state index in [1.807, 2.05) is 12.1 Å². The molecule has 0 fully saturated rings. The van der Waals surface area contributed by atoms with Crippen LogP contribution in [0.3, 0.4) is 0 Å². The third kappa shape index (κ3) is 2.53. The maximum atomic E-state index is 12.2. The van der Waals surface area contributed by atoms with Gasteiger partial charge in [0.15, 0.2) is 0 Å². The van der Waals surface area contributed by atoms with Gasteiger partial charge in [0.1, 0.15) is 5.75 Å². The predicted octanol–water partition coefficient (Wildman–Crippen LogP) is 2.55. The quantitative estimate of drug-likeness (QED) is 0.894. The van der Waals surface area contributed by atoms with Crippen molar-refractivity contribution >= 4 is 23.2 Å². The molecule has 3 rings (SSSR count). The zero-order chi connectivity index (χ0) is 15.7. The zero-order valence-corrected chi connectivity index (χ0v) is 12.2. The summed E-state index contributed by atoms with van der Waals surface area (Å²) < 4.78 is 0. The maximum Gasteiger partial charge on any atom is 0.259 e. The summed E-state index contributed by atoms with van der Waals surface area (Å²) >= 11 is 0. The standard InChI is InChI=1S/C17H16N2O3/c1-11(20)19-9-8-12-10-13(6-7-15(12)19)18-17(22)14-4-2-3-5-16(14)21/h2-7,10,21H,8-9H2,1H3,(H,18,22). The monoisotopic (exact) mass is 296 g/mol. The summed E-state index contributed by atoms with van der Waals surface area (Å²) in [5, 5.41) is 12.5. The van der Waals surface area contributed by atoms with Crippen molar-refractivity contribution in [2.45, 2.75) is 13.3 Å². The average molecular weight is 296 g/mol. The van der Waals surface area contributed by atoms with Crippen molar-refractivity contribution in [2.75, 3.05) is 16.8 Å². The van der Waals surface area contributed by atoms with E-state index in [1.54, 1.807) is 36.1 Å². The van der Waals surface area contributed by atoms with Crippen LogP contribution in [0.15, 0.2) is 42.5 Å². The van der Waals surface area contributed by atoms with Gasteiger partial charge >= 0.3 is 0 Å². The molecule has 5 heteroatoms. The minimum atomic E-state index is -0.362. The number of phenols is 1.